The Balaban J connectivity index is 0.00000312. The van der Waals surface area contributed by atoms with Gasteiger partial charge in [0.25, 0.3) is 0 Å². The summed E-state index contributed by atoms with van der Waals surface area (Å²) in [6.07, 6.45) is -1.00. The first-order valence-corrected chi connectivity index (χ1v) is 7.99. The minimum atomic E-state index is -4.40. The normalized spacial score (nSPS) is 18.7. The summed E-state index contributed by atoms with van der Waals surface area (Å²) in [5, 5.41) is 3.25. The average Bonchev–Trinajstić information content (AvgIpc) is 2.53. The smallest absolute Gasteiger partial charge is 0.330 e. The van der Waals surface area contributed by atoms with Gasteiger partial charge in [-0.05, 0) is 25.5 Å². The molecule has 0 saturated carbocycles. The summed E-state index contributed by atoms with van der Waals surface area (Å²) in [5.41, 5.74) is 0.949. The summed E-state index contributed by atoms with van der Waals surface area (Å²) in [4.78, 5) is 19.4. The highest BCUT2D eigenvalue weighted by Crippen LogP contribution is 2.23. The maximum Gasteiger partial charge on any atom is 0.406 e. The van der Waals surface area contributed by atoms with Gasteiger partial charge in [-0.1, -0.05) is 6.07 Å². The van der Waals surface area contributed by atoms with Gasteiger partial charge in [0.2, 0.25) is 5.91 Å². The molecule has 0 radical (unpaired) electrons. The van der Waals surface area contributed by atoms with Gasteiger partial charge in [0, 0.05) is 44.1 Å². The van der Waals surface area contributed by atoms with E-state index in [0.29, 0.717) is 19.6 Å². The second-order valence-electron chi connectivity index (χ2n) is 6.21. The lowest BCUT2D eigenvalue weighted by molar-refractivity contribution is -0.165. The van der Waals surface area contributed by atoms with E-state index in [1.165, 1.54) is 0 Å². The van der Waals surface area contributed by atoms with Crippen LogP contribution in [0.1, 0.15) is 25.5 Å². The maximum atomic E-state index is 12.7. The second-order valence-corrected chi connectivity index (χ2v) is 6.21. The van der Waals surface area contributed by atoms with Crippen molar-refractivity contribution in [2.75, 3.05) is 32.7 Å². The van der Waals surface area contributed by atoms with Crippen LogP contribution in [0.2, 0.25) is 0 Å². The zero-order valence-corrected chi connectivity index (χ0v) is 15.1. The van der Waals surface area contributed by atoms with Crippen molar-refractivity contribution in [3.05, 3.63) is 30.1 Å². The van der Waals surface area contributed by atoms with Crippen molar-refractivity contribution in [3.63, 3.8) is 0 Å². The number of hydrogen-bond donors (Lipinski definition) is 1. The van der Waals surface area contributed by atoms with Crippen LogP contribution in [0.3, 0.4) is 0 Å². The summed E-state index contributed by atoms with van der Waals surface area (Å²) in [6, 6.07) is 3.15. The number of piperazine rings is 1. The molecule has 1 unspecified atom stereocenters. The van der Waals surface area contributed by atoms with Crippen LogP contribution >= 0.6 is 12.4 Å². The molecule has 1 amide bonds. The molecule has 1 aromatic heterocycles. The molecule has 1 aromatic rings. The third-order valence-corrected chi connectivity index (χ3v) is 4.06. The van der Waals surface area contributed by atoms with Gasteiger partial charge >= 0.3 is 6.18 Å². The first kappa shape index (κ1) is 21.7. The Morgan fingerprint density at radius 2 is 2.20 bits per heavy atom. The summed E-state index contributed by atoms with van der Waals surface area (Å²) in [5.74, 6) is -0.502. The zero-order chi connectivity index (χ0) is 17.7. The van der Waals surface area contributed by atoms with Crippen LogP contribution < -0.4 is 5.32 Å². The lowest BCUT2D eigenvalue weighted by atomic mass is 10.1. The molecule has 1 aliphatic rings. The van der Waals surface area contributed by atoms with Crippen LogP contribution in [0.5, 0.6) is 0 Å². The number of hydrogen-bond acceptors (Lipinski definition) is 4. The van der Waals surface area contributed by atoms with Gasteiger partial charge in [-0.15, -0.1) is 12.4 Å². The molecular weight excluding hydrogens is 357 g/mol. The fourth-order valence-corrected chi connectivity index (χ4v) is 2.85. The number of halogens is 4. The van der Waals surface area contributed by atoms with Crippen molar-refractivity contribution in [2.45, 2.75) is 32.1 Å². The van der Waals surface area contributed by atoms with Crippen LogP contribution in [-0.4, -0.2) is 65.6 Å². The van der Waals surface area contributed by atoms with Gasteiger partial charge in [-0.3, -0.25) is 14.7 Å². The molecular formula is C16H24ClF3N4O. The van der Waals surface area contributed by atoms with Crippen LogP contribution in [0.4, 0.5) is 13.2 Å². The number of alkyl halides is 3. The largest absolute Gasteiger partial charge is 0.406 e. The number of rotatable bonds is 5. The summed E-state index contributed by atoms with van der Waals surface area (Å²) in [7, 11) is 0. The van der Waals surface area contributed by atoms with Crippen LogP contribution in [0.15, 0.2) is 24.5 Å². The highest BCUT2D eigenvalue weighted by Gasteiger charge is 2.35. The molecule has 1 atom stereocenters. The van der Waals surface area contributed by atoms with E-state index >= 15 is 0 Å². The standard InChI is InChI=1S/C16H23F3N4O.ClH/c1-12(2)23(11-16(17,18)19)15(24)10-22-7-6-21-9-14(22)13-4-3-5-20-8-13;/h3-5,8,12,14,21H,6-7,9-11H2,1-2H3;1H. The van der Waals surface area contributed by atoms with E-state index in [4.69, 9.17) is 0 Å². The molecule has 142 valence electrons. The number of nitrogens with zero attached hydrogens (tertiary/aromatic N) is 3. The fraction of sp³-hybridized carbons (Fsp3) is 0.625. The Morgan fingerprint density at radius 1 is 1.48 bits per heavy atom. The first-order valence-electron chi connectivity index (χ1n) is 7.99. The lowest BCUT2D eigenvalue weighted by Gasteiger charge is -2.37. The van der Waals surface area contributed by atoms with E-state index in [9.17, 15) is 18.0 Å². The molecule has 2 heterocycles. The number of aromatic nitrogens is 1. The quantitative estimate of drug-likeness (QED) is 0.851. The Morgan fingerprint density at radius 3 is 2.76 bits per heavy atom. The topological polar surface area (TPSA) is 48.5 Å². The fourth-order valence-electron chi connectivity index (χ4n) is 2.85. The van der Waals surface area contributed by atoms with Crippen molar-refractivity contribution >= 4 is 18.3 Å². The number of nitrogens with one attached hydrogen (secondary N) is 1. The molecule has 9 heteroatoms. The van der Waals surface area contributed by atoms with E-state index in [-0.39, 0.29) is 25.0 Å². The van der Waals surface area contributed by atoms with Gasteiger partial charge < -0.3 is 10.2 Å². The predicted octanol–water partition coefficient (Wildman–Crippen LogP) is 2.25. The van der Waals surface area contributed by atoms with Crippen molar-refractivity contribution < 1.29 is 18.0 Å². The molecule has 2 rings (SSSR count). The molecule has 1 saturated heterocycles. The van der Waals surface area contributed by atoms with Gasteiger partial charge in [-0.25, -0.2) is 0 Å². The molecule has 0 aliphatic carbocycles. The highest BCUT2D eigenvalue weighted by atomic mass is 35.5. The Labute approximate surface area is 152 Å². The van der Waals surface area contributed by atoms with Gasteiger partial charge in [0.05, 0.1) is 6.54 Å². The number of carbonyl (C=O) groups is 1. The summed E-state index contributed by atoms with van der Waals surface area (Å²) in [6.45, 7) is 3.89. The van der Waals surface area contributed by atoms with Gasteiger partial charge in [0.1, 0.15) is 6.54 Å². The molecule has 0 aromatic carbocycles. The van der Waals surface area contributed by atoms with E-state index in [1.54, 1.807) is 26.2 Å². The summed E-state index contributed by atoms with van der Waals surface area (Å²) < 4.78 is 38.2. The minimum absolute atomic E-state index is 0. The van der Waals surface area contributed by atoms with E-state index in [2.05, 4.69) is 10.3 Å². The zero-order valence-electron chi connectivity index (χ0n) is 14.3. The van der Waals surface area contributed by atoms with Crippen LogP contribution in [0.25, 0.3) is 0 Å². The Hall–Kier alpha value is -1.38. The molecule has 1 aliphatic heterocycles. The molecule has 0 bridgehead atoms. The predicted molar refractivity (Wildman–Crippen MR) is 91.6 cm³/mol. The molecule has 1 N–H and O–H groups in total. The van der Waals surface area contributed by atoms with E-state index in [0.717, 1.165) is 10.5 Å². The third-order valence-electron chi connectivity index (χ3n) is 4.06. The second kappa shape index (κ2) is 9.35. The SMILES string of the molecule is CC(C)N(CC(F)(F)F)C(=O)CN1CCNCC1c1cccnc1.Cl. The average molecular weight is 381 g/mol. The molecule has 5 nitrogen and oxygen atoms in total. The van der Waals surface area contributed by atoms with Crippen molar-refractivity contribution in [2.24, 2.45) is 0 Å². The van der Waals surface area contributed by atoms with Gasteiger partial charge in [-0.2, -0.15) is 13.2 Å². The monoisotopic (exact) mass is 380 g/mol. The third kappa shape index (κ3) is 6.45. The summed E-state index contributed by atoms with van der Waals surface area (Å²) >= 11 is 0. The molecule has 0 spiro atoms. The van der Waals surface area contributed by atoms with Gasteiger partial charge in [0.15, 0.2) is 0 Å². The number of carbonyl (C=O) groups excluding carboxylic acids is 1. The maximum absolute atomic E-state index is 12.7. The van der Waals surface area contributed by atoms with Crippen LogP contribution in [0, 0.1) is 0 Å². The molecule has 1 fully saturated rings. The van der Waals surface area contributed by atoms with Crippen molar-refractivity contribution in [1.82, 2.24) is 20.1 Å². The number of amides is 1. The molecule has 25 heavy (non-hydrogen) atoms. The van der Waals surface area contributed by atoms with E-state index in [1.807, 2.05) is 17.0 Å². The Kier molecular flexibility index (Phi) is 8.11. The van der Waals surface area contributed by atoms with Crippen molar-refractivity contribution in [3.8, 4) is 0 Å². The Bertz CT molecular complexity index is 542. The lowest BCUT2D eigenvalue weighted by Crippen LogP contribution is -2.52. The first-order chi connectivity index (χ1) is 11.3. The minimum Gasteiger partial charge on any atom is -0.330 e. The van der Waals surface area contributed by atoms with Crippen molar-refractivity contribution in [1.29, 1.82) is 0 Å². The number of pyridine rings is 1. The van der Waals surface area contributed by atoms with Crippen LogP contribution in [-0.2, 0) is 4.79 Å². The highest BCUT2D eigenvalue weighted by molar-refractivity contribution is 5.85. The van der Waals surface area contributed by atoms with E-state index < -0.39 is 24.7 Å².